The summed E-state index contributed by atoms with van der Waals surface area (Å²) in [5.74, 6) is 0.866. The molecule has 3 aromatic rings. The van der Waals surface area contributed by atoms with Gasteiger partial charge in [0, 0.05) is 5.56 Å². The lowest BCUT2D eigenvalue weighted by molar-refractivity contribution is 0.102. The Morgan fingerprint density at radius 2 is 1.69 bits per heavy atom. The quantitative estimate of drug-likeness (QED) is 0.699. The summed E-state index contributed by atoms with van der Waals surface area (Å²) in [5.41, 5.74) is 2.85. The Bertz CT molecular complexity index is 855. The number of carbonyl (C=O) groups excluding carboxylic acids is 1. The molecule has 1 aromatic heterocycles. The van der Waals surface area contributed by atoms with Crippen molar-refractivity contribution in [2.75, 3.05) is 11.9 Å². The van der Waals surface area contributed by atoms with Gasteiger partial charge in [0.25, 0.3) is 5.91 Å². The van der Waals surface area contributed by atoms with Crippen LogP contribution in [0.4, 0.5) is 6.01 Å². The van der Waals surface area contributed by atoms with Crippen molar-refractivity contribution in [2.24, 2.45) is 0 Å². The summed E-state index contributed by atoms with van der Waals surface area (Å²) in [7, 11) is 0. The van der Waals surface area contributed by atoms with Gasteiger partial charge in [0.15, 0.2) is 0 Å². The largest absolute Gasteiger partial charge is 0.494 e. The second-order valence-corrected chi connectivity index (χ2v) is 5.76. The summed E-state index contributed by atoms with van der Waals surface area (Å²) in [6.45, 7) is 4.61. The number of benzene rings is 2. The number of nitrogens with zero attached hydrogens (tertiary/aromatic N) is 2. The molecule has 6 nitrogen and oxygen atoms in total. The van der Waals surface area contributed by atoms with E-state index in [4.69, 9.17) is 9.15 Å². The van der Waals surface area contributed by atoms with E-state index < -0.39 is 0 Å². The van der Waals surface area contributed by atoms with Crippen LogP contribution in [0.2, 0.25) is 0 Å². The van der Waals surface area contributed by atoms with Gasteiger partial charge in [-0.3, -0.25) is 10.1 Å². The van der Waals surface area contributed by atoms with E-state index in [9.17, 15) is 4.79 Å². The van der Waals surface area contributed by atoms with E-state index in [0.717, 1.165) is 17.7 Å². The van der Waals surface area contributed by atoms with Crippen molar-refractivity contribution >= 4 is 11.9 Å². The third-order valence-electron chi connectivity index (χ3n) is 3.90. The van der Waals surface area contributed by atoms with E-state index in [1.54, 1.807) is 24.3 Å². The fraction of sp³-hybridized carbons (Fsp3) is 0.250. The Hall–Kier alpha value is -3.15. The lowest BCUT2D eigenvalue weighted by atomic mass is 10.1. The third kappa shape index (κ3) is 4.47. The number of ether oxygens (including phenoxy) is 1. The SMILES string of the molecule is CCOc1ccc(C(=O)Nc2nnc(Cc3ccc(CC)cc3)o2)cc1. The zero-order valence-corrected chi connectivity index (χ0v) is 14.9. The van der Waals surface area contributed by atoms with Crippen LogP contribution in [0.3, 0.4) is 0 Å². The Labute approximate surface area is 152 Å². The molecule has 0 aliphatic rings. The van der Waals surface area contributed by atoms with Crippen molar-refractivity contribution in [3.8, 4) is 5.75 Å². The van der Waals surface area contributed by atoms with Crippen LogP contribution >= 0.6 is 0 Å². The molecule has 0 saturated heterocycles. The summed E-state index contributed by atoms with van der Waals surface area (Å²) in [4.78, 5) is 12.2. The molecule has 0 fully saturated rings. The van der Waals surface area contributed by atoms with E-state index in [-0.39, 0.29) is 11.9 Å². The highest BCUT2D eigenvalue weighted by Gasteiger charge is 2.12. The van der Waals surface area contributed by atoms with Crippen molar-refractivity contribution in [1.29, 1.82) is 0 Å². The summed E-state index contributed by atoms with van der Waals surface area (Å²) < 4.78 is 10.9. The topological polar surface area (TPSA) is 77.2 Å². The Balaban J connectivity index is 1.61. The fourth-order valence-electron chi connectivity index (χ4n) is 2.48. The van der Waals surface area contributed by atoms with E-state index in [1.165, 1.54) is 5.56 Å². The first kappa shape index (κ1) is 17.7. The van der Waals surface area contributed by atoms with Gasteiger partial charge in [-0.1, -0.05) is 36.3 Å². The second-order valence-electron chi connectivity index (χ2n) is 5.76. The van der Waals surface area contributed by atoms with Gasteiger partial charge in [-0.05, 0) is 48.7 Å². The van der Waals surface area contributed by atoms with Crippen LogP contribution in [-0.4, -0.2) is 22.7 Å². The molecule has 1 heterocycles. The number of aromatic nitrogens is 2. The van der Waals surface area contributed by atoms with Gasteiger partial charge >= 0.3 is 6.01 Å². The summed E-state index contributed by atoms with van der Waals surface area (Å²) in [6.07, 6.45) is 1.53. The first-order valence-electron chi connectivity index (χ1n) is 8.62. The molecular formula is C20H21N3O3. The van der Waals surface area contributed by atoms with Crippen LogP contribution in [0.1, 0.15) is 41.2 Å². The predicted octanol–water partition coefficient (Wildman–Crippen LogP) is 3.87. The summed E-state index contributed by atoms with van der Waals surface area (Å²) >= 11 is 0. The van der Waals surface area contributed by atoms with Gasteiger partial charge in [-0.15, -0.1) is 5.10 Å². The Morgan fingerprint density at radius 3 is 2.35 bits per heavy atom. The first-order valence-corrected chi connectivity index (χ1v) is 8.62. The lowest BCUT2D eigenvalue weighted by Crippen LogP contribution is -2.12. The van der Waals surface area contributed by atoms with Crippen LogP contribution in [0.15, 0.2) is 52.9 Å². The molecule has 0 aliphatic heterocycles. The van der Waals surface area contributed by atoms with Gasteiger partial charge in [-0.25, -0.2) is 0 Å². The Morgan fingerprint density at radius 1 is 1.00 bits per heavy atom. The van der Waals surface area contributed by atoms with E-state index in [1.807, 2.05) is 19.1 Å². The zero-order valence-electron chi connectivity index (χ0n) is 14.9. The summed E-state index contributed by atoms with van der Waals surface area (Å²) in [6, 6.07) is 15.2. The maximum Gasteiger partial charge on any atom is 0.322 e. The molecule has 2 aromatic carbocycles. The molecule has 0 bridgehead atoms. The molecule has 0 aliphatic carbocycles. The highest BCUT2D eigenvalue weighted by atomic mass is 16.5. The fourth-order valence-corrected chi connectivity index (χ4v) is 2.48. The number of amides is 1. The molecule has 0 spiro atoms. The minimum atomic E-state index is -0.310. The van der Waals surface area contributed by atoms with Crippen LogP contribution in [-0.2, 0) is 12.8 Å². The monoisotopic (exact) mass is 351 g/mol. The average Bonchev–Trinajstić information content (AvgIpc) is 3.10. The van der Waals surface area contributed by atoms with Crippen LogP contribution < -0.4 is 10.1 Å². The minimum Gasteiger partial charge on any atom is -0.494 e. The smallest absolute Gasteiger partial charge is 0.322 e. The van der Waals surface area contributed by atoms with Crippen molar-refractivity contribution < 1.29 is 13.9 Å². The van der Waals surface area contributed by atoms with Gasteiger partial charge in [-0.2, -0.15) is 0 Å². The predicted molar refractivity (Wildman–Crippen MR) is 98.5 cm³/mol. The third-order valence-corrected chi connectivity index (χ3v) is 3.90. The molecule has 1 amide bonds. The molecule has 134 valence electrons. The number of rotatable bonds is 7. The molecular weight excluding hydrogens is 330 g/mol. The van der Waals surface area contributed by atoms with Gasteiger partial charge in [0.05, 0.1) is 13.0 Å². The van der Waals surface area contributed by atoms with Gasteiger partial charge < -0.3 is 9.15 Å². The average molecular weight is 351 g/mol. The molecule has 0 radical (unpaired) electrons. The number of hydrogen-bond acceptors (Lipinski definition) is 5. The molecule has 0 atom stereocenters. The number of hydrogen-bond donors (Lipinski definition) is 1. The van der Waals surface area contributed by atoms with Crippen molar-refractivity contribution in [2.45, 2.75) is 26.7 Å². The number of nitrogens with one attached hydrogen (secondary N) is 1. The Kier molecular flexibility index (Phi) is 5.63. The number of anilines is 1. The lowest BCUT2D eigenvalue weighted by Gasteiger charge is -2.04. The molecule has 26 heavy (non-hydrogen) atoms. The van der Waals surface area contributed by atoms with Crippen LogP contribution in [0.25, 0.3) is 0 Å². The van der Waals surface area contributed by atoms with E-state index in [0.29, 0.717) is 24.5 Å². The molecule has 0 saturated carbocycles. The molecule has 1 N–H and O–H groups in total. The second kappa shape index (κ2) is 8.29. The van der Waals surface area contributed by atoms with Crippen LogP contribution in [0.5, 0.6) is 5.75 Å². The van der Waals surface area contributed by atoms with Crippen LogP contribution in [0, 0.1) is 0 Å². The normalized spacial score (nSPS) is 10.5. The van der Waals surface area contributed by atoms with E-state index >= 15 is 0 Å². The highest BCUT2D eigenvalue weighted by molar-refractivity contribution is 6.03. The van der Waals surface area contributed by atoms with Crippen molar-refractivity contribution in [1.82, 2.24) is 10.2 Å². The first-order chi connectivity index (χ1) is 12.7. The van der Waals surface area contributed by atoms with Crippen molar-refractivity contribution in [3.63, 3.8) is 0 Å². The standard InChI is InChI=1S/C20H21N3O3/c1-3-14-5-7-15(8-6-14)13-18-22-23-20(26-18)21-19(24)16-9-11-17(12-10-16)25-4-2/h5-12H,3-4,13H2,1-2H3,(H,21,23,24). The zero-order chi connectivity index (χ0) is 18.4. The molecule has 3 rings (SSSR count). The van der Waals surface area contributed by atoms with Gasteiger partial charge in [0.1, 0.15) is 5.75 Å². The minimum absolute atomic E-state index is 0.0871. The van der Waals surface area contributed by atoms with Crippen molar-refractivity contribution in [3.05, 3.63) is 71.1 Å². The number of aryl methyl sites for hydroxylation is 1. The van der Waals surface area contributed by atoms with E-state index in [2.05, 4.69) is 34.6 Å². The molecule has 6 heteroatoms. The maximum atomic E-state index is 12.2. The molecule has 0 unspecified atom stereocenters. The summed E-state index contributed by atoms with van der Waals surface area (Å²) in [5, 5.41) is 10.5. The number of carbonyl (C=O) groups is 1. The highest BCUT2D eigenvalue weighted by Crippen LogP contribution is 2.15. The maximum absolute atomic E-state index is 12.2. The van der Waals surface area contributed by atoms with Gasteiger partial charge in [0.2, 0.25) is 5.89 Å².